The summed E-state index contributed by atoms with van der Waals surface area (Å²) in [6.07, 6.45) is 4.95. The number of nitrogens with one attached hydrogen (secondary N) is 1. The summed E-state index contributed by atoms with van der Waals surface area (Å²) in [6, 6.07) is 7.39. The lowest BCUT2D eigenvalue weighted by atomic mass is 9.69. The summed E-state index contributed by atoms with van der Waals surface area (Å²) in [5.41, 5.74) is 0.933. The van der Waals surface area contributed by atoms with Crippen molar-refractivity contribution in [3.63, 3.8) is 0 Å². The second kappa shape index (κ2) is 5.29. The summed E-state index contributed by atoms with van der Waals surface area (Å²) < 4.78 is 13.7. The number of hydrogen-bond donors (Lipinski definition) is 1. The van der Waals surface area contributed by atoms with E-state index >= 15 is 0 Å². The van der Waals surface area contributed by atoms with Crippen LogP contribution in [0.4, 0.5) is 10.1 Å². The highest BCUT2D eigenvalue weighted by atomic mass is 19.1. The normalized spacial score (nSPS) is 24.9. The number of rotatable bonds is 2. The Balaban J connectivity index is 2.13. The van der Waals surface area contributed by atoms with Crippen LogP contribution in [0, 0.1) is 17.2 Å². The minimum absolute atomic E-state index is 0.143. The molecule has 0 heterocycles. The van der Waals surface area contributed by atoms with E-state index in [1.165, 1.54) is 25.3 Å². The van der Waals surface area contributed by atoms with E-state index in [0.717, 1.165) is 6.42 Å². The van der Waals surface area contributed by atoms with Crippen LogP contribution in [0.3, 0.4) is 0 Å². The minimum atomic E-state index is -0.143. The molecule has 0 bridgehead atoms. The molecule has 100 valence electrons. The molecule has 0 spiro atoms. The van der Waals surface area contributed by atoms with Crippen LogP contribution in [0.25, 0.3) is 0 Å². The number of para-hydroxylation sites is 1. The highest BCUT2D eigenvalue weighted by molar-refractivity contribution is 5.45. The fourth-order valence-electron chi connectivity index (χ4n) is 3.12. The van der Waals surface area contributed by atoms with Crippen molar-refractivity contribution in [1.82, 2.24) is 0 Å². The minimum Gasteiger partial charge on any atom is -0.380 e. The first-order valence-corrected chi connectivity index (χ1v) is 6.99. The third kappa shape index (κ3) is 3.04. The number of benzene rings is 1. The molecule has 1 aliphatic rings. The lowest BCUT2D eigenvalue weighted by Crippen LogP contribution is -2.39. The molecule has 1 saturated carbocycles. The van der Waals surface area contributed by atoms with E-state index in [-0.39, 0.29) is 11.2 Å². The molecule has 2 atom stereocenters. The van der Waals surface area contributed by atoms with Crippen molar-refractivity contribution in [2.75, 3.05) is 5.32 Å². The predicted octanol–water partition coefficient (Wildman–Crippen LogP) is 4.84. The lowest BCUT2D eigenvalue weighted by molar-refractivity contribution is 0.162. The molecule has 1 fully saturated rings. The van der Waals surface area contributed by atoms with Gasteiger partial charge in [0.2, 0.25) is 0 Å². The molecule has 2 rings (SSSR count). The summed E-state index contributed by atoms with van der Waals surface area (Å²) in [7, 11) is 0. The first-order chi connectivity index (χ1) is 8.48. The molecular formula is C16H24FN. The van der Waals surface area contributed by atoms with E-state index in [9.17, 15) is 4.39 Å². The fraction of sp³-hybridized carbons (Fsp3) is 0.625. The summed E-state index contributed by atoms with van der Waals surface area (Å²) in [5, 5.41) is 3.43. The molecule has 0 amide bonds. The van der Waals surface area contributed by atoms with Crippen LogP contribution in [0.2, 0.25) is 0 Å². The van der Waals surface area contributed by atoms with Crippen molar-refractivity contribution < 1.29 is 4.39 Å². The summed E-state index contributed by atoms with van der Waals surface area (Å²) in [6.45, 7) is 6.87. The monoisotopic (exact) mass is 249 g/mol. The van der Waals surface area contributed by atoms with Gasteiger partial charge in [-0.05, 0) is 36.3 Å². The Bertz CT molecular complexity index is 394. The van der Waals surface area contributed by atoms with E-state index in [2.05, 4.69) is 26.1 Å². The van der Waals surface area contributed by atoms with E-state index in [0.29, 0.717) is 17.6 Å². The van der Waals surface area contributed by atoms with Crippen molar-refractivity contribution in [3.8, 4) is 0 Å². The van der Waals surface area contributed by atoms with Crippen LogP contribution in [-0.2, 0) is 0 Å². The highest BCUT2D eigenvalue weighted by Crippen LogP contribution is 2.39. The van der Waals surface area contributed by atoms with Crippen LogP contribution in [0.1, 0.15) is 46.5 Å². The number of halogens is 1. The van der Waals surface area contributed by atoms with Crippen LogP contribution in [0.5, 0.6) is 0 Å². The molecule has 1 N–H and O–H groups in total. The number of anilines is 1. The molecule has 0 aromatic heterocycles. The van der Waals surface area contributed by atoms with Gasteiger partial charge in [0.15, 0.2) is 0 Å². The molecule has 0 saturated heterocycles. The van der Waals surface area contributed by atoms with Crippen molar-refractivity contribution >= 4 is 5.69 Å². The van der Waals surface area contributed by atoms with Gasteiger partial charge in [-0.1, -0.05) is 45.7 Å². The molecule has 1 aromatic carbocycles. The zero-order valence-corrected chi connectivity index (χ0v) is 11.7. The Labute approximate surface area is 110 Å². The van der Waals surface area contributed by atoms with Gasteiger partial charge in [-0.3, -0.25) is 0 Å². The average Bonchev–Trinajstić information content (AvgIpc) is 2.31. The Kier molecular flexibility index (Phi) is 3.94. The lowest BCUT2D eigenvalue weighted by Gasteiger charge is -2.41. The molecule has 2 unspecified atom stereocenters. The number of hydrogen-bond acceptors (Lipinski definition) is 1. The first-order valence-electron chi connectivity index (χ1n) is 6.99. The van der Waals surface area contributed by atoms with Gasteiger partial charge >= 0.3 is 0 Å². The quantitative estimate of drug-likeness (QED) is 0.790. The Hall–Kier alpha value is -1.05. The molecule has 2 heteroatoms. The van der Waals surface area contributed by atoms with E-state index < -0.39 is 0 Å². The van der Waals surface area contributed by atoms with Crippen LogP contribution in [0.15, 0.2) is 24.3 Å². The predicted molar refractivity (Wildman–Crippen MR) is 75.2 cm³/mol. The first kappa shape index (κ1) is 13.4. The third-order valence-electron chi connectivity index (χ3n) is 4.09. The second-order valence-electron chi connectivity index (χ2n) is 6.49. The fourth-order valence-corrected chi connectivity index (χ4v) is 3.12. The molecular weight excluding hydrogens is 225 g/mol. The SMILES string of the molecule is CC(C)(C)C1CCCCC1Nc1ccccc1F. The van der Waals surface area contributed by atoms with E-state index in [1.807, 2.05) is 12.1 Å². The van der Waals surface area contributed by atoms with Gasteiger partial charge in [0.25, 0.3) is 0 Å². The van der Waals surface area contributed by atoms with Gasteiger partial charge in [0.05, 0.1) is 5.69 Å². The van der Waals surface area contributed by atoms with E-state index in [4.69, 9.17) is 0 Å². The molecule has 0 aliphatic heterocycles. The summed E-state index contributed by atoms with van der Waals surface area (Å²) in [4.78, 5) is 0. The average molecular weight is 249 g/mol. The maximum absolute atomic E-state index is 13.7. The van der Waals surface area contributed by atoms with E-state index in [1.54, 1.807) is 6.07 Å². The molecule has 1 nitrogen and oxygen atoms in total. The van der Waals surface area contributed by atoms with Gasteiger partial charge < -0.3 is 5.32 Å². The molecule has 1 aliphatic carbocycles. The van der Waals surface area contributed by atoms with Gasteiger partial charge in [0, 0.05) is 6.04 Å². The summed E-state index contributed by atoms with van der Waals surface area (Å²) >= 11 is 0. The van der Waals surface area contributed by atoms with Crippen molar-refractivity contribution in [2.45, 2.75) is 52.5 Å². The largest absolute Gasteiger partial charge is 0.380 e. The second-order valence-corrected chi connectivity index (χ2v) is 6.49. The summed E-state index contributed by atoms with van der Waals surface area (Å²) in [5.74, 6) is 0.474. The van der Waals surface area contributed by atoms with Crippen molar-refractivity contribution in [1.29, 1.82) is 0 Å². The Morgan fingerprint density at radius 3 is 2.44 bits per heavy atom. The maximum Gasteiger partial charge on any atom is 0.146 e. The third-order valence-corrected chi connectivity index (χ3v) is 4.09. The Morgan fingerprint density at radius 2 is 1.78 bits per heavy atom. The van der Waals surface area contributed by atoms with Crippen molar-refractivity contribution in [3.05, 3.63) is 30.1 Å². The van der Waals surface area contributed by atoms with Crippen molar-refractivity contribution in [2.24, 2.45) is 11.3 Å². The molecule has 0 radical (unpaired) electrons. The smallest absolute Gasteiger partial charge is 0.146 e. The highest BCUT2D eigenvalue weighted by Gasteiger charge is 2.34. The van der Waals surface area contributed by atoms with Gasteiger partial charge in [-0.2, -0.15) is 0 Å². The molecule has 18 heavy (non-hydrogen) atoms. The zero-order valence-electron chi connectivity index (χ0n) is 11.7. The van der Waals surface area contributed by atoms with Crippen LogP contribution in [-0.4, -0.2) is 6.04 Å². The van der Waals surface area contributed by atoms with Gasteiger partial charge in [-0.15, -0.1) is 0 Å². The van der Waals surface area contributed by atoms with Gasteiger partial charge in [0.1, 0.15) is 5.82 Å². The standard InChI is InChI=1S/C16H24FN/c1-16(2,3)12-8-4-6-10-14(12)18-15-11-7-5-9-13(15)17/h5,7,9,11-12,14,18H,4,6,8,10H2,1-3H3. The maximum atomic E-state index is 13.7. The van der Waals surface area contributed by atoms with Crippen LogP contribution >= 0.6 is 0 Å². The Morgan fingerprint density at radius 1 is 1.11 bits per heavy atom. The van der Waals surface area contributed by atoms with Gasteiger partial charge in [-0.25, -0.2) is 4.39 Å². The topological polar surface area (TPSA) is 12.0 Å². The zero-order chi connectivity index (χ0) is 13.2. The van der Waals surface area contributed by atoms with Crippen LogP contribution < -0.4 is 5.32 Å². The molecule has 1 aromatic rings.